The Hall–Kier alpha value is -1.51. The van der Waals surface area contributed by atoms with E-state index in [-0.39, 0.29) is 17.4 Å². The van der Waals surface area contributed by atoms with Crippen LogP contribution in [-0.2, 0) is 11.2 Å². The van der Waals surface area contributed by atoms with Crippen molar-refractivity contribution < 1.29 is 4.79 Å². The zero-order valence-corrected chi connectivity index (χ0v) is 11.8. The van der Waals surface area contributed by atoms with Crippen molar-refractivity contribution in [3.63, 3.8) is 0 Å². The number of benzene rings is 1. The lowest BCUT2D eigenvalue weighted by molar-refractivity contribution is -0.131. The Balaban J connectivity index is 1.70. The van der Waals surface area contributed by atoms with Gasteiger partial charge in [0.15, 0.2) is 0 Å². The highest BCUT2D eigenvalue weighted by Gasteiger charge is 2.35. The van der Waals surface area contributed by atoms with E-state index < -0.39 is 0 Å². The van der Waals surface area contributed by atoms with Crippen LogP contribution in [-0.4, -0.2) is 29.9 Å². The van der Waals surface area contributed by atoms with E-state index >= 15 is 0 Å². The average Bonchev–Trinajstić information content (AvgIpc) is 2.78. The van der Waals surface area contributed by atoms with Gasteiger partial charge in [-0.2, -0.15) is 0 Å². The molecule has 0 bridgehead atoms. The molecule has 2 heterocycles. The first-order valence-electron chi connectivity index (χ1n) is 7.18. The fraction of sp³-hybridized carbons (Fsp3) is 0.562. The Kier molecular flexibility index (Phi) is 3.00. The molecule has 3 heteroatoms. The van der Waals surface area contributed by atoms with E-state index in [0.29, 0.717) is 0 Å². The van der Waals surface area contributed by atoms with Crippen LogP contribution in [0.3, 0.4) is 0 Å². The van der Waals surface area contributed by atoms with Crippen LogP contribution in [0, 0.1) is 5.41 Å². The molecule has 0 radical (unpaired) electrons. The van der Waals surface area contributed by atoms with E-state index in [4.69, 9.17) is 0 Å². The SMILES string of the molecule is CC1(C)CCN(C(=O)C2CCc3ccccc3N2)C1. The van der Waals surface area contributed by atoms with E-state index in [0.717, 1.165) is 38.0 Å². The van der Waals surface area contributed by atoms with Gasteiger partial charge in [-0.05, 0) is 36.3 Å². The second-order valence-corrected chi connectivity index (χ2v) is 6.57. The molecule has 1 aromatic rings. The van der Waals surface area contributed by atoms with E-state index in [9.17, 15) is 4.79 Å². The zero-order valence-electron chi connectivity index (χ0n) is 11.8. The molecule has 1 unspecified atom stereocenters. The molecule has 1 fully saturated rings. The first-order valence-corrected chi connectivity index (χ1v) is 7.18. The monoisotopic (exact) mass is 258 g/mol. The second-order valence-electron chi connectivity index (χ2n) is 6.57. The summed E-state index contributed by atoms with van der Waals surface area (Å²) in [7, 11) is 0. The Morgan fingerprint density at radius 3 is 2.89 bits per heavy atom. The van der Waals surface area contributed by atoms with E-state index in [1.54, 1.807) is 0 Å². The molecule has 0 spiro atoms. The summed E-state index contributed by atoms with van der Waals surface area (Å²) in [6.07, 6.45) is 3.02. The highest BCUT2D eigenvalue weighted by Crippen LogP contribution is 2.31. The van der Waals surface area contributed by atoms with Crippen molar-refractivity contribution in [3.8, 4) is 0 Å². The number of carbonyl (C=O) groups is 1. The van der Waals surface area contributed by atoms with Crippen molar-refractivity contribution in [3.05, 3.63) is 29.8 Å². The number of hydrogen-bond acceptors (Lipinski definition) is 2. The van der Waals surface area contributed by atoms with Crippen LogP contribution in [0.4, 0.5) is 5.69 Å². The summed E-state index contributed by atoms with van der Waals surface area (Å²) in [4.78, 5) is 14.6. The molecule has 1 amide bonds. The molecule has 3 nitrogen and oxygen atoms in total. The normalized spacial score (nSPS) is 24.7. The van der Waals surface area contributed by atoms with Crippen molar-refractivity contribution in [2.75, 3.05) is 18.4 Å². The number of aryl methyl sites for hydroxylation is 1. The number of nitrogens with one attached hydrogen (secondary N) is 1. The lowest BCUT2D eigenvalue weighted by Crippen LogP contribution is -2.44. The topological polar surface area (TPSA) is 32.3 Å². The first kappa shape index (κ1) is 12.5. The van der Waals surface area contributed by atoms with Gasteiger partial charge in [0.05, 0.1) is 0 Å². The number of carbonyl (C=O) groups excluding carboxylic acids is 1. The lowest BCUT2D eigenvalue weighted by Gasteiger charge is -2.30. The number of para-hydroxylation sites is 1. The smallest absolute Gasteiger partial charge is 0.245 e. The molecule has 2 aliphatic heterocycles. The predicted molar refractivity (Wildman–Crippen MR) is 77.2 cm³/mol. The fourth-order valence-corrected chi connectivity index (χ4v) is 3.14. The van der Waals surface area contributed by atoms with Gasteiger partial charge in [0, 0.05) is 18.8 Å². The minimum atomic E-state index is -0.0381. The molecule has 102 valence electrons. The third-order valence-corrected chi connectivity index (χ3v) is 4.34. The number of hydrogen-bond donors (Lipinski definition) is 1. The maximum absolute atomic E-state index is 12.6. The fourth-order valence-electron chi connectivity index (χ4n) is 3.14. The van der Waals surface area contributed by atoms with Crippen LogP contribution >= 0.6 is 0 Å². The minimum Gasteiger partial charge on any atom is -0.373 e. The van der Waals surface area contributed by atoms with Crippen LogP contribution in [0.25, 0.3) is 0 Å². The molecule has 0 aliphatic carbocycles. The molecule has 0 aromatic heterocycles. The standard InChI is InChI=1S/C16H22N2O/c1-16(2)9-10-18(11-16)15(19)14-8-7-12-5-3-4-6-13(12)17-14/h3-6,14,17H,7-11H2,1-2H3. The van der Waals surface area contributed by atoms with Crippen LogP contribution < -0.4 is 5.32 Å². The van der Waals surface area contributed by atoms with Gasteiger partial charge in [-0.1, -0.05) is 32.0 Å². The Morgan fingerprint density at radius 1 is 1.37 bits per heavy atom. The maximum Gasteiger partial charge on any atom is 0.245 e. The summed E-state index contributed by atoms with van der Waals surface area (Å²) in [5.74, 6) is 0.278. The molecule has 2 aliphatic rings. The Labute approximate surface area is 115 Å². The van der Waals surface area contributed by atoms with E-state index in [2.05, 4.69) is 37.4 Å². The van der Waals surface area contributed by atoms with Gasteiger partial charge in [0.2, 0.25) is 5.91 Å². The largest absolute Gasteiger partial charge is 0.373 e. The molecule has 1 saturated heterocycles. The summed E-state index contributed by atoms with van der Waals surface area (Å²) < 4.78 is 0. The Morgan fingerprint density at radius 2 is 2.16 bits per heavy atom. The highest BCUT2D eigenvalue weighted by molar-refractivity contribution is 5.86. The molecule has 1 N–H and O–H groups in total. The van der Waals surface area contributed by atoms with Crippen molar-refractivity contribution in [1.29, 1.82) is 0 Å². The van der Waals surface area contributed by atoms with Gasteiger partial charge < -0.3 is 10.2 Å². The molecule has 1 aromatic carbocycles. The van der Waals surface area contributed by atoms with E-state index in [1.807, 2.05) is 11.0 Å². The summed E-state index contributed by atoms with van der Waals surface area (Å²) in [6.45, 7) is 6.28. The van der Waals surface area contributed by atoms with Gasteiger partial charge >= 0.3 is 0 Å². The number of amides is 1. The quantitative estimate of drug-likeness (QED) is 0.840. The third-order valence-electron chi connectivity index (χ3n) is 4.34. The lowest BCUT2D eigenvalue weighted by atomic mass is 9.93. The second kappa shape index (κ2) is 4.55. The van der Waals surface area contributed by atoms with Crippen LogP contribution in [0.2, 0.25) is 0 Å². The van der Waals surface area contributed by atoms with Crippen molar-refractivity contribution in [1.82, 2.24) is 4.90 Å². The number of nitrogens with zero attached hydrogens (tertiary/aromatic N) is 1. The van der Waals surface area contributed by atoms with Gasteiger partial charge in [-0.25, -0.2) is 0 Å². The minimum absolute atomic E-state index is 0.0381. The summed E-state index contributed by atoms with van der Waals surface area (Å²) >= 11 is 0. The molecule has 3 rings (SSSR count). The van der Waals surface area contributed by atoms with Crippen LogP contribution in [0.1, 0.15) is 32.3 Å². The predicted octanol–water partition coefficient (Wildman–Crippen LogP) is 2.67. The first-order chi connectivity index (χ1) is 9.05. The molecule has 0 saturated carbocycles. The molecular weight excluding hydrogens is 236 g/mol. The van der Waals surface area contributed by atoms with Crippen molar-refractivity contribution in [2.24, 2.45) is 5.41 Å². The van der Waals surface area contributed by atoms with Crippen LogP contribution in [0.5, 0.6) is 0 Å². The number of anilines is 1. The van der Waals surface area contributed by atoms with Gasteiger partial charge in [-0.3, -0.25) is 4.79 Å². The highest BCUT2D eigenvalue weighted by atomic mass is 16.2. The third kappa shape index (κ3) is 2.46. The number of fused-ring (bicyclic) bond motifs is 1. The van der Waals surface area contributed by atoms with Gasteiger partial charge in [0.1, 0.15) is 6.04 Å². The maximum atomic E-state index is 12.6. The summed E-state index contributed by atoms with van der Waals surface area (Å²) in [5, 5.41) is 3.41. The Bertz CT molecular complexity index is 495. The summed E-state index contributed by atoms with van der Waals surface area (Å²) in [5.41, 5.74) is 2.74. The van der Waals surface area contributed by atoms with Gasteiger partial charge in [-0.15, -0.1) is 0 Å². The molecule has 1 atom stereocenters. The van der Waals surface area contributed by atoms with E-state index in [1.165, 1.54) is 5.56 Å². The van der Waals surface area contributed by atoms with Crippen molar-refractivity contribution >= 4 is 11.6 Å². The van der Waals surface area contributed by atoms with Gasteiger partial charge in [0.25, 0.3) is 0 Å². The number of likely N-dealkylation sites (tertiary alicyclic amines) is 1. The molecule has 19 heavy (non-hydrogen) atoms. The molecular formula is C16H22N2O. The zero-order chi connectivity index (χ0) is 13.5. The summed E-state index contributed by atoms with van der Waals surface area (Å²) in [6, 6.07) is 8.26. The van der Waals surface area contributed by atoms with Crippen molar-refractivity contribution in [2.45, 2.75) is 39.2 Å². The van der Waals surface area contributed by atoms with Crippen LogP contribution in [0.15, 0.2) is 24.3 Å². The average molecular weight is 258 g/mol. The number of rotatable bonds is 1.